The number of carbonyl (C=O) groups is 1. The van der Waals surface area contributed by atoms with Crippen LogP contribution in [0, 0.1) is 5.92 Å². The first-order valence-electron chi connectivity index (χ1n) is 11.9. The van der Waals surface area contributed by atoms with Crippen molar-refractivity contribution in [3.05, 3.63) is 81.5 Å². The molecule has 0 N–H and O–H groups in total. The first-order chi connectivity index (χ1) is 16.6. The number of anilines is 1. The topological polar surface area (TPSA) is 29.5 Å². The Balaban J connectivity index is 0.00000289. The van der Waals surface area contributed by atoms with E-state index in [0.717, 1.165) is 51.2 Å². The van der Waals surface area contributed by atoms with E-state index in [1.165, 1.54) is 18.0 Å². The molecule has 0 spiro atoms. The molecule has 3 aromatic rings. The number of ether oxygens (including phenoxy) is 1. The lowest BCUT2D eigenvalue weighted by Crippen LogP contribution is -3.00. The molecule has 186 valence electrons. The summed E-state index contributed by atoms with van der Waals surface area (Å²) in [5.41, 5.74) is 0.876. The van der Waals surface area contributed by atoms with E-state index < -0.39 is 0 Å². The Morgan fingerprint density at radius 1 is 1.09 bits per heavy atom. The highest BCUT2D eigenvalue weighted by atomic mass is 79.9. The fourth-order valence-electron chi connectivity index (χ4n) is 5.20. The molecule has 6 rings (SSSR count). The summed E-state index contributed by atoms with van der Waals surface area (Å²) in [5.74, 6) is 1.58. The second kappa shape index (κ2) is 12.3. The molecule has 1 atom stereocenters. The zero-order valence-corrected chi connectivity index (χ0v) is 24.3. The number of fused-ring (bicyclic) bond motifs is 3. The molecule has 4 nitrogen and oxygen atoms in total. The van der Waals surface area contributed by atoms with Gasteiger partial charge in [0.2, 0.25) is 0 Å². The fourth-order valence-corrected chi connectivity index (χ4v) is 7.70. The van der Waals surface area contributed by atoms with Gasteiger partial charge in [0.25, 0.3) is 0 Å². The summed E-state index contributed by atoms with van der Waals surface area (Å²) >= 11 is 7.11. The molecule has 0 aliphatic carbocycles. The molecular formula is C27H30Br2N2O2S2. The van der Waals surface area contributed by atoms with E-state index >= 15 is 0 Å². The van der Waals surface area contributed by atoms with Gasteiger partial charge < -0.3 is 26.2 Å². The summed E-state index contributed by atoms with van der Waals surface area (Å²) in [7, 11) is 0. The highest BCUT2D eigenvalue weighted by Crippen LogP contribution is 2.37. The quantitative estimate of drug-likeness (QED) is 0.276. The molecule has 0 unspecified atom stereocenters. The van der Waals surface area contributed by atoms with Gasteiger partial charge in [0, 0.05) is 49.8 Å². The van der Waals surface area contributed by atoms with Crippen LogP contribution in [0.3, 0.4) is 0 Å². The smallest absolute Gasteiger partial charge is 0.415 e. The average Bonchev–Trinajstić information content (AvgIpc) is 3.29. The highest BCUT2D eigenvalue weighted by molar-refractivity contribution is 9.10. The number of rotatable bonds is 8. The third kappa shape index (κ3) is 6.72. The van der Waals surface area contributed by atoms with Gasteiger partial charge in [-0.2, -0.15) is 0 Å². The van der Waals surface area contributed by atoms with Gasteiger partial charge in [0.1, 0.15) is 6.54 Å². The van der Waals surface area contributed by atoms with Crippen molar-refractivity contribution >= 4 is 50.8 Å². The number of carbonyl (C=O) groups excluding carboxylic acids is 1. The Bertz CT molecular complexity index is 1090. The Morgan fingerprint density at radius 2 is 1.77 bits per heavy atom. The van der Waals surface area contributed by atoms with Crippen LogP contribution in [-0.4, -0.2) is 48.6 Å². The van der Waals surface area contributed by atoms with Crippen molar-refractivity contribution in [3.63, 3.8) is 0 Å². The van der Waals surface area contributed by atoms with Crippen LogP contribution in [0.1, 0.15) is 17.7 Å². The van der Waals surface area contributed by atoms with Crippen LogP contribution in [0.4, 0.5) is 10.5 Å². The van der Waals surface area contributed by atoms with Crippen molar-refractivity contribution < 1.29 is 31.0 Å². The van der Waals surface area contributed by atoms with Gasteiger partial charge in [-0.15, -0.1) is 23.1 Å². The number of benzene rings is 2. The van der Waals surface area contributed by atoms with Gasteiger partial charge in [-0.3, -0.25) is 4.90 Å². The standard InChI is InChI=1S/C27H30BrN2O2S2.BrH/c28-22-17-25(34-20-22)18-29(23-7-3-1-4-8-23)27(31)32-26-19-30(13-11-21(26)12-14-30)15-16-33-24-9-5-2-6-10-24;/h1-10,17,20-21,26H,11-16,18-19H2;1H/q+1;/p-1/t21?,26-,30?;/m0./s1. The third-order valence-corrected chi connectivity index (χ3v) is 9.77. The van der Waals surface area contributed by atoms with E-state index in [-0.39, 0.29) is 29.2 Å². The first kappa shape index (κ1) is 26.7. The number of nitrogens with zero attached hydrogens (tertiary/aromatic N) is 2. The zero-order chi connectivity index (χ0) is 23.4. The van der Waals surface area contributed by atoms with E-state index in [1.807, 2.05) is 42.1 Å². The van der Waals surface area contributed by atoms with Gasteiger partial charge >= 0.3 is 6.09 Å². The molecular weight excluding hydrogens is 608 g/mol. The molecule has 0 radical (unpaired) electrons. The van der Waals surface area contributed by atoms with Crippen molar-refractivity contribution in [3.8, 4) is 0 Å². The monoisotopic (exact) mass is 636 g/mol. The van der Waals surface area contributed by atoms with Crippen molar-refractivity contribution in [1.29, 1.82) is 0 Å². The maximum absolute atomic E-state index is 13.5. The molecule has 0 saturated carbocycles. The van der Waals surface area contributed by atoms with Crippen molar-refractivity contribution in [1.82, 2.24) is 0 Å². The molecule has 35 heavy (non-hydrogen) atoms. The summed E-state index contributed by atoms with van der Waals surface area (Å²) < 4.78 is 8.40. The second-order valence-electron chi connectivity index (χ2n) is 9.27. The normalized spacial score (nSPS) is 22.9. The van der Waals surface area contributed by atoms with E-state index in [4.69, 9.17) is 4.74 Å². The van der Waals surface area contributed by atoms with Crippen molar-refractivity contribution in [2.45, 2.75) is 30.4 Å². The number of para-hydroxylation sites is 1. The number of hydrogen-bond acceptors (Lipinski definition) is 4. The van der Waals surface area contributed by atoms with Crippen molar-refractivity contribution in [2.24, 2.45) is 5.92 Å². The maximum atomic E-state index is 13.5. The van der Waals surface area contributed by atoms with Crippen molar-refractivity contribution in [2.75, 3.05) is 36.8 Å². The lowest BCUT2D eigenvalue weighted by atomic mass is 9.83. The Morgan fingerprint density at radius 3 is 2.43 bits per heavy atom. The zero-order valence-electron chi connectivity index (χ0n) is 19.5. The number of thioether (sulfide) groups is 1. The summed E-state index contributed by atoms with van der Waals surface area (Å²) in [6.07, 6.45) is 2.07. The lowest BCUT2D eigenvalue weighted by Gasteiger charge is -2.52. The fraction of sp³-hybridized carbons (Fsp3) is 0.370. The number of halogens is 2. The Hall–Kier alpha value is -1.32. The van der Waals surface area contributed by atoms with Gasteiger partial charge in [-0.1, -0.05) is 36.4 Å². The predicted molar refractivity (Wildman–Crippen MR) is 145 cm³/mol. The van der Waals surface area contributed by atoms with E-state index in [0.29, 0.717) is 12.5 Å². The van der Waals surface area contributed by atoms with Crippen LogP contribution < -0.4 is 21.9 Å². The minimum absolute atomic E-state index is 0. The van der Waals surface area contributed by atoms with Crippen LogP contribution in [0.15, 0.2) is 81.5 Å². The Labute approximate surface area is 235 Å². The summed E-state index contributed by atoms with van der Waals surface area (Å²) in [6, 6.07) is 22.6. The number of thiophene rings is 1. The minimum Gasteiger partial charge on any atom is -1.00 e. The lowest BCUT2D eigenvalue weighted by molar-refractivity contribution is -0.943. The average molecular weight is 638 g/mol. The highest BCUT2D eigenvalue weighted by Gasteiger charge is 2.47. The van der Waals surface area contributed by atoms with Gasteiger partial charge in [0.15, 0.2) is 6.10 Å². The van der Waals surface area contributed by atoms with Gasteiger partial charge in [-0.05, 0) is 46.3 Å². The van der Waals surface area contributed by atoms with E-state index in [9.17, 15) is 4.79 Å². The number of amides is 1. The molecule has 3 aliphatic rings. The van der Waals surface area contributed by atoms with Crippen LogP contribution in [0.5, 0.6) is 0 Å². The first-order valence-corrected chi connectivity index (χ1v) is 14.6. The summed E-state index contributed by atoms with van der Waals surface area (Å²) in [4.78, 5) is 17.7. The van der Waals surface area contributed by atoms with Crippen LogP contribution >= 0.6 is 39.0 Å². The Kier molecular flexibility index (Phi) is 9.38. The molecule has 1 aromatic heterocycles. The largest absolute Gasteiger partial charge is 1.00 e. The molecule has 1 amide bonds. The summed E-state index contributed by atoms with van der Waals surface area (Å²) in [5, 5.41) is 2.05. The molecule has 2 bridgehead atoms. The SMILES string of the molecule is O=C(O[C@H]1C[N+]2(CCSc3ccccc3)CCC1CC2)N(Cc1cc(Br)cs1)c1ccccc1.[Br-]. The van der Waals surface area contributed by atoms with Gasteiger partial charge in [-0.25, -0.2) is 4.79 Å². The molecule has 8 heteroatoms. The van der Waals surface area contributed by atoms with Crippen LogP contribution in [-0.2, 0) is 11.3 Å². The predicted octanol–water partition coefficient (Wildman–Crippen LogP) is 4.06. The van der Waals surface area contributed by atoms with Crippen LogP contribution in [0.25, 0.3) is 0 Å². The molecule has 2 aromatic carbocycles. The third-order valence-electron chi connectivity index (χ3n) is 7.10. The summed E-state index contributed by atoms with van der Waals surface area (Å²) in [6.45, 7) is 5.01. The van der Waals surface area contributed by atoms with E-state index in [1.54, 1.807) is 16.2 Å². The van der Waals surface area contributed by atoms with Gasteiger partial charge in [0.05, 0.1) is 26.2 Å². The number of hydrogen-bond donors (Lipinski definition) is 0. The van der Waals surface area contributed by atoms with E-state index in [2.05, 4.69) is 57.7 Å². The number of piperidine rings is 3. The number of quaternary nitrogens is 1. The molecule has 4 heterocycles. The molecule has 3 saturated heterocycles. The maximum Gasteiger partial charge on any atom is 0.415 e. The minimum atomic E-state index is -0.230. The molecule has 3 aliphatic heterocycles. The van der Waals surface area contributed by atoms with Crippen LogP contribution in [0.2, 0.25) is 0 Å². The second-order valence-corrected chi connectivity index (χ2v) is 12.3. The molecule has 3 fully saturated rings.